The van der Waals surface area contributed by atoms with Gasteiger partial charge < -0.3 is 27.3 Å². The lowest BCUT2D eigenvalue weighted by molar-refractivity contribution is -0.155. The molecule has 0 aliphatic carbocycles. The first kappa shape index (κ1) is 22.2. The van der Waals surface area contributed by atoms with Crippen molar-refractivity contribution in [2.24, 2.45) is 32.9 Å². The van der Waals surface area contributed by atoms with Crippen molar-refractivity contribution in [3.8, 4) is 0 Å². The van der Waals surface area contributed by atoms with E-state index in [9.17, 15) is 19.5 Å². The van der Waals surface area contributed by atoms with Gasteiger partial charge >= 0.3 is 5.97 Å². The smallest absolute Gasteiger partial charge is 0.353 e. The number of β-lactam (4-membered cyclic amide) rings is 1. The van der Waals surface area contributed by atoms with E-state index in [0.29, 0.717) is 0 Å². The van der Waals surface area contributed by atoms with Gasteiger partial charge in [0.05, 0.1) is 11.6 Å². The Morgan fingerprint density at radius 1 is 1.45 bits per heavy atom. The van der Waals surface area contributed by atoms with Crippen molar-refractivity contribution in [2.45, 2.75) is 10.7 Å². The standard InChI is InChI=1S/C15H17N9O5S2/c1-29-23-8(6-3-30-15(17)22-6)10(25)7-12(26)24-9(14(27)28)5(2-20-21-4-19-18)11(16)31-13(7)24/h2-4,7,11,13H,16,18H2,1H3,(H2,17,22)(H,19,21)(H,27,28)/b20-2?,23-8-/t7?,11?,13-/m1/s1. The molecular weight excluding hydrogens is 450 g/mol. The third kappa shape index (κ3) is 4.07. The van der Waals surface area contributed by atoms with Gasteiger partial charge in [0.2, 0.25) is 11.7 Å². The van der Waals surface area contributed by atoms with Gasteiger partial charge in [-0.15, -0.1) is 23.1 Å². The number of oxime groups is 1. The Bertz CT molecular complexity index is 1030. The first-order valence-electron chi connectivity index (χ1n) is 8.40. The van der Waals surface area contributed by atoms with Crippen LogP contribution in [0, 0.1) is 5.92 Å². The van der Waals surface area contributed by atoms with E-state index < -0.39 is 34.3 Å². The Labute approximate surface area is 182 Å². The molecule has 1 aromatic rings. The number of rotatable bonds is 8. The fourth-order valence-electron chi connectivity index (χ4n) is 2.97. The summed E-state index contributed by atoms with van der Waals surface area (Å²) in [6.45, 7) is 0. The molecular formula is C15H17N9O5S2. The van der Waals surface area contributed by atoms with Crippen molar-refractivity contribution in [3.63, 3.8) is 0 Å². The van der Waals surface area contributed by atoms with Crippen molar-refractivity contribution < 1.29 is 24.3 Å². The number of thioether (sulfide) groups is 1. The first-order chi connectivity index (χ1) is 14.8. The summed E-state index contributed by atoms with van der Waals surface area (Å²) in [5, 5.41) is 20.3. The lowest BCUT2D eigenvalue weighted by atomic mass is 9.88. The number of Topliss-reactive ketones (excluding diaryl/α,β-unsaturated/α-hetero) is 1. The zero-order valence-corrected chi connectivity index (χ0v) is 17.5. The summed E-state index contributed by atoms with van der Waals surface area (Å²) in [5.41, 5.74) is 13.7. The number of carboxylic acid groups (broad SMARTS) is 1. The molecule has 1 fully saturated rings. The molecule has 16 heteroatoms. The van der Waals surface area contributed by atoms with Gasteiger partial charge in [0.15, 0.2) is 10.8 Å². The molecule has 0 spiro atoms. The molecule has 2 aliphatic heterocycles. The van der Waals surface area contributed by atoms with E-state index in [4.69, 9.17) is 22.1 Å². The number of thiazole rings is 1. The SMILES string of the molecule is CO/N=C(\C(=O)C1C(=O)N2C(C(=O)O)=C(C=NNC=NN)C(N)S[C@H]12)c1csc(N)n1. The Balaban J connectivity index is 1.93. The van der Waals surface area contributed by atoms with E-state index in [2.05, 4.69) is 25.8 Å². The number of carbonyl (C=O) groups is 3. The molecule has 2 unspecified atom stereocenters. The summed E-state index contributed by atoms with van der Waals surface area (Å²) in [5.74, 6) is 0.918. The van der Waals surface area contributed by atoms with Gasteiger partial charge in [-0.05, 0) is 0 Å². The molecule has 1 aromatic heterocycles. The molecule has 14 nitrogen and oxygen atoms in total. The Morgan fingerprint density at radius 2 is 2.19 bits per heavy atom. The lowest BCUT2D eigenvalue weighted by Crippen LogP contribution is -2.66. The predicted octanol–water partition coefficient (Wildman–Crippen LogP) is -1.72. The minimum atomic E-state index is -1.40. The van der Waals surface area contributed by atoms with Crippen LogP contribution in [0.3, 0.4) is 0 Å². The number of fused-ring (bicyclic) bond motifs is 1. The molecule has 164 valence electrons. The maximum absolute atomic E-state index is 13.1. The number of ketones is 1. The zero-order chi connectivity index (χ0) is 22.7. The number of carbonyl (C=O) groups excluding carboxylic acids is 2. The van der Waals surface area contributed by atoms with Gasteiger partial charge in [-0.1, -0.05) is 5.16 Å². The van der Waals surface area contributed by atoms with Gasteiger partial charge in [0, 0.05) is 11.0 Å². The van der Waals surface area contributed by atoms with E-state index in [-0.39, 0.29) is 27.8 Å². The molecule has 0 saturated carbocycles. The number of aliphatic carboxylic acids is 1. The van der Waals surface area contributed by atoms with E-state index >= 15 is 0 Å². The molecule has 31 heavy (non-hydrogen) atoms. The zero-order valence-electron chi connectivity index (χ0n) is 15.8. The maximum atomic E-state index is 13.1. The van der Waals surface area contributed by atoms with E-state index in [0.717, 1.165) is 40.6 Å². The van der Waals surface area contributed by atoms with Crippen molar-refractivity contribution in [1.29, 1.82) is 0 Å². The second-order valence-corrected chi connectivity index (χ2v) is 8.12. The topological polar surface area (TPSA) is 224 Å². The summed E-state index contributed by atoms with van der Waals surface area (Å²) in [6.07, 6.45) is 2.21. The van der Waals surface area contributed by atoms with Crippen LogP contribution in [0.25, 0.3) is 0 Å². The van der Waals surface area contributed by atoms with Crippen LogP contribution in [0.5, 0.6) is 0 Å². The largest absolute Gasteiger partial charge is 0.477 e. The van der Waals surface area contributed by atoms with Crippen LogP contribution in [0.15, 0.2) is 32.0 Å². The van der Waals surface area contributed by atoms with Crippen LogP contribution >= 0.6 is 23.1 Å². The first-order valence-corrected chi connectivity index (χ1v) is 10.2. The number of hydrazone groups is 2. The van der Waals surface area contributed by atoms with Gasteiger partial charge in [-0.2, -0.15) is 10.2 Å². The average molecular weight is 467 g/mol. The molecule has 0 radical (unpaired) electrons. The maximum Gasteiger partial charge on any atom is 0.353 e. The van der Waals surface area contributed by atoms with Gasteiger partial charge in [-0.3, -0.25) is 19.9 Å². The molecule has 0 aromatic carbocycles. The lowest BCUT2D eigenvalue weighted by Gasteiger charge is -2.49. The number of nitrogens with two attached hydrogens (primary N) is 3. The number of carboxylic acids is 1. The minimum absolute atomic E-state index is 0.0731. The van der Waals surface area contributed by atoms with E-state index in [1.807, 2.05) is 0 Å². The number of amides is 1. The average Bonchev–Trinajstić information content (AvgIpc) is 3.15. The quantitative estimate of drug-likeness (QED) is 0.0721. The van der Waals surface area contributed by atoms with E-state index in [1.165, 1.54) is 12.5 Å². The minimum Gasteiger partial charge on any atom is -0.477 e. The van der Waals surface area contributed by atoms with Gasteiger partial charge in [0.1, 0.15) is 36.1 Å². The molecule has 1 saturated heterocycles. The fraction of sp³-hybridized carbons (Fsp3) is 0.267. The predicted molar refractivity (Wildman–Crippen MR) is 114 cm³/mol. The Kier molecular flexibility index (Phi) is 6.52. The van der Waals surface area contributed by atoms with Crippen LogP contribution in [0.1, 0.15) is 5.69 Å². The monoisotopic (exact) mass is 467 g/mol. The second-order valence-electron chi connectivity index (χ2n) is 5.97. The number of anilines is 1. The highest BCUT2D eigenvalue weighted by molar-refractivity contribution is 8.00. The molecule has 1 amide bonds. The van der Waals surface area contributed by atoms with Gasteiger partial charge in [-0.25, -0.2) is 9.78 Å². The highest BCUT2D eigenvalue weighted by Crippen LogP contribution is 2.46. The Morgan fingerprint density at radius 3 is 2.77 bits per heavy atom. The van der Waals surface area contributed by atoms with E-state index in [1.54, 1.807) is 0 Å². The number of hydrogen-bond acceptors (Lipinski definition) is 13. The molecule has 2 aliphatic rings. The number of nitrogens with one attached hydrogen (secondary N) is 1. The summed E-state index contributed by atoms with van der Waals surface area (Å²) in [4.78, 5) is 47.5. The van der Waals surface area contributed by atoms with Crippen molar-refractivity contribution in [1.82, 2.24) is 15.3 Å². The fourth-order valence-corrected chi connectivity index (χ4v) is 4.86. The summed E-state index contributed by atoms with van der Waals surface area (Å²) >= 11 is 2.12. The van der Waals surface area contributed by atoms with Crippen LogP contribution in [0.2, 0.25) is 0 Å². The summed E-state index contributed by atoms with van der Waals surface area (Å²) < 4.78 is 0. The summed E-state index contributed by atoms with van der Waals surface area (Å²) in [7, 11) is 1.24. The highest BCUT2D eigenvalue weighted by atomic mass is 32.2. The van der Waals surface area contributed by atoms with Crippen LogP contribution < -0.4 is 22.7 Å². The van der Waals surface area contributed by atoms with Gasteiger partial charge in [0.25, 0.3) is 0 Å². The summed E-state index contributed by atoms with van der Waals surface area (Å²) in [6, 6.07) is 0. The third-order valence-electron chi connectivity index (χ3n) is 4.23. The second kappa shape index (κ2) is 9.11. The highest BCUT2D eigenvalue weighted by Gasteiger charge is 2.59. The molecule has 8 N–H and O–H groups in total. The number of hydrogen-bond donors (Lipinski definition) is 5. The van der Waals surface area contributed by atoms with Crippen molar-refractivity contribution >= 4 is 64.2 Å². The molecule has 0 bridgehead atoms. The number of nitrogens with zero attached hydrogens (tertiary/aromatic N) is 5. The van der Waals surface area contributed by atoms with Crippen LogP contribution in [-0.2, 0) is 19.2 Å². The van der Waals surface area contributed by atoms with Crippen molar-refractivity contribution in [2.75, 3.05) is 12.8 Å². The molecule has 3 rings (SSSR count). The third-order valence-corrected chi connectivity index (χ3v) is 6.21. The number of nitrogen functional groups attached to an aromatic ring is 1. The Hall–Kier alpha value is -3.50. The molecule has 3 heterocycles. The normalized spacial score (nSPS) is 23.8. The number of aromatic nitrogens is 1. The molecule has 3 atom stereocenters. The van der Waals surface area contributed by atoms with Crippen LogP contribution in [-0.4, -0.2) is 68.8 Å². The van der Waals surface area contributed by atoms with Crippen LogP contribution in [0.4, 0.5) is 5.13 Å². The van der Waals surface area contributed by atoms with Crippen molar-refractivity contribution in [3.05, 3.63) is 22.3 Å².